The Bertz CT molecular complexity index is 430. The minimum absolute atomic E-state index is 0.566. The van der Waals surface area contributed by atoms with Crippen LogP contribution in [0.1, 0.15) is 0 Å². The van der Waals surface area contributed by atoms with Gasteiger partial charge in [0.05, 0.1) is 22.9 Å². The van der Waals surface area contributed by atoms with Gasteiger partial charge in [-0.05, 0) is 0 Å². The van der Waals surface area contributed by atoms with Crippen LogP contribution in [-0.4, -0.2) is 22.8 Å². The van der Waals surface area contributed by atoms with Crippen LogP contribution in [0.15, 0.2) is 11.0 Å². The molecule has 0 aliphatic carbocycles. The quantitative estimate of drug-likeness (QED) is 0.377. The van der Waals surface area contributed by atoms with Gasteiger partial charge in [0.1, 0.15) is 0 Å². The van der Waals surface area contributed by atoms with Gasteiger partial charge in [0.15, 0.2) is 0 Å². The van der Waals surface area contributed by atoms with Gasteiger partial charge in [0.25, 0.3) is 5.16 Å². The third-order valence-corrected chi connectivity index (χ3v) is 4.53. The molecule has 0 fully saturated rings. The van der Waals surface area contributed by atoms with Crippen molar-refractivity contribution in [3.63, 3.8) is 0 Å². The van der Waals surface area contributed by atoms with Crippen molar-refractivity contribution in [2.45, 2.75) is 5.92 Å². The molecule has 0 unspecified atom stereocenters. The summed E-state index contributed by atoms with van der Waals surface area (Å²) in [6.07, 6.45) is 0. The van der Waals surface area contributed by atoms with E-state index in [4.69, 9.17) is 0 Å². The number of alkyl halides is 2. The molecule has 0 atom stereocenters. The average molecular weight is 345 g/mol. The zero-order valence-corrected chi connectivity index (χ0v) is 8.94. The number of sulfonamides is 1. The van der Waals surface area contributed by atoms with Gasteiger partial charge in [0.2, 0.25) is 5.83 Å². The molecule has 0 saturated heterocycles. The van der Waals surface area contributed by atoms with Crippen LogP contribution in [0.4, 0.5) is 17.6 Å². The fourth-order valence-electron chi connectivity index (χ4n) is 0.620. The van der Waals surface area contributed by atoms with Crippen molar-refractivity contribution >= 4 is 38.8 Å². The second kappa shape index (κ2) is 3.05. The predicted octanol–water partition coefficient (Wildman–Crippen LogP) is 1.25. The molecule has 1 amide bonds. The highest BCUT2D eigenvalue weighted by Crippen LogP contribution is 2.40. The van der Waals surface area contributed by atoms with E-state index in [0.29, 0.717) is 22.9 Å². The van der Waals surface area contributed by atoms with Gasteiger partial charge < -0.3 is 0 Å². The van der Waals surface area contributed by atoms with Crippen LogP contribution < -0.4 is 0 Å². The minimum Gasteiger partial charge on any atom is -0.265 e. The van der Waals surface area contributed by atoms with Gasteiger partial charge in [-0.1, -0.05) is 0 Å². The summed E-state index contributed by atoms with van der Waals surface area (Å²) in [6, 6.07) is 0. The van der Waals surface area contributed by atoms with Crippen LogP contribution in [0.2, 0.25) is 0 Å². The Hall–Kier alpha value is -0.390. The normalized spacial score (nSPS) is 25.5. The second-order valence-corrected chi connectivity index (χ2v) is 5.48. The van der Waals surface area contributed by atoms with Crippen LogP contribution in [0.5, 0.6) is 0 Å². The van der Waals surface area contributed by atoms with Crippen LogP contribution in [0, 0.1) is 0 Å². The van der Waals surface area contributed by atoms with Gasteiger partial charge in [-0.15, -0.1) is 0 Å². The van der Waals surface area contributed by atoms with E-state index in [9.17, 15) is 30.8 Å². The van der Waals surface area contributed by atoms with Gasteiger partial charge in [-0.25, -0.2) is 4.39 Å². The van der Waals surface area contributed by atoms with Crippen molar-refractivity contribution in [3.8, 4) is 0 Å². The van der Waals surface area contributed by atoms with E-state index in [-0.39, 0.29) is 0 Å². The number of nitrogens with zero attached hydrogens (tertiary/aromatic N) is 1. The summed E-state index contributed by atoms with van der Waals surface area (Å²) >= 11 is 0.651. The number of carbonyl (C=O) groups is 1. The summed E-state index contributed by atoms with van der Waals surface area (Å²) in [5.41, 5.74) is 0. The number of hydrogen-bond donors (Lipinski definition) is 0. The van der Waals surface area contributed by atoms with Crippen molar-refractivity contribution in [1.29, 1.82) is 0 Å². The summed E-state index contributed by atoms with van der Waals surface area (Å²) in [7, 11) is -5.08. The average Bonchev–Trinajstić information content (AvgIpc) is 2.11. The zero-order chi connectivity index (χ0) is 11.3. The fourth-order valence-corrected chi connectivity index (χ4v) is 2.27. The van der Waals surface area contributed by atoms with E-state index in [1.54, 1.807) is 0 Å². The van der Waals surface area contributed by atoms with E-state index in [2.05, 4.69) is 0 Å². The summed E-state index contributed by atoms with van der Waals surface area (Å²) < 4.78 is 70.8. The molecule has 14 heavy (non-hydrogen) atoms. The molecule has 0 aromatic rings. The molecule has 1 rings (SSSR count). The second-order valence-electron chi connectivity index (χ2n) is 2.19. The SMILES string of the molecule is O=C1N(I)S(=O)(=O)C(F)=C(F)C1(F)F. The molecule has 4 nitrogen and oxygen atoms in total. The number of carbonyl (C=O) groups excluding carboxylic acids is 1. The van der Waals surface area contributed by atoms with E-state index >= 15 is 0 Å². The topological polar surface area (TPSA) is 54.5 Å². The lowest BCUT2D eigenvalue weighted by Gasteiger charge is -2.24. The lowest BCUT2D eigenvalue weighted by molar-refractivity contribution is -0.145. The Morgan fingerprint density at radius 1 is 1.29 bits per heavy atom. The predicted molar refractivity (Wildman–Crippen MR) is 44.0 cm³/mol. The first kappa shape index (κ1) is 11.7. The third-order valence-electron chi connectivity index (χ3n) is 1.31. The molecule has 1 aliphatic rings. The highest BCUT2D eigenvalue weighted by atomic mass is 127. The van der Waals surface area contributed by atoms with E-state index in [1.165, 1.54) is 0 Å². The molecule has 1 aliphatic heterocycles. The Morgan fingerprint density at radius 2 is 1.71 bits per heavy atom. The molecule has 0 N–H and O–H groups in total. The number of rotatable bonds is 0. The van der Waals surface area contributed by atoms with Crippen LogP contribution in [0.25, 0.3) is 0 Å². The smallest absolute Gasteiger partial charge is 0.265 e. The first-order valence-electron chi connectivity index (χ1n) is 2.82. The Morgan fingerprint density at radius 3 is 2.14 bits per heavy atom. The highest BCUT2D eigenvalue weighted by Gasteiger charge is 2.58. The molecule has 10 heteroatoms. The molecule has 0 saturated carbocycles. The van der Waals surface area contributed by atoms with Crippen LogP contribution in [-0.2, 0) is 14.8 Å². The largest absolute Gasteiger partial charge is 0.380 e. The number of amides is 1. The van der Waals surface area contributed by atoms with Gasteiger partial charge in [0, 0.05) is 0 Å². The lowest BCUT2D eigenvalue weighted by atomic mass is 10.3. The minimum atomic E-state index is -5.08. The van der Waals surface area contributed by atoms with Crippen molar-refractivity contribution in [1.82, 2.24) is 2.52 Å². The number of halogens is 5. The zero-order valence-electron chi connectivity index (χ0n) is 5.97. The molecule has 0 radical (unpaired) electrons. The summed E-state index contributed by atoms with van der Waals surface area (Å²) in [5.74, 6) is -9.98. The van der Waals surface area contributed by atoms with E-state index in [1.807, 2.05) is 0 Å². The fraction of sp³-hybridized carbons (Fsp3) is 0.250. The summed E-state index contributed by atoms with van der Waals surface area (Å²) in [5, 5.41) is -2.64. The Labute approximate surface area is 89.1 Å². The lowest BCUT2D eigenvalue weighted by Crippen LogP contribution is -2.46. The van der Waals surface area contributed by atoms with Crippen molar-refractivity contribution in [2.75, 3.05) is 0 Å². The molecular weight excluding hydrogens is 345 g/mol. The maximum atomic E-state index is 12.5. The molecule has 1 heterocycles. The monoisotopic (exact) mass is 345 g/mol. The van der Waals surface area contributed by atoms with E-state index < -0.39 is 35.4 Å². The summed E-state index contributed by atoms with van der Waals surface area (Å²) in [6.45, 7) is 0. The van der Waals surface area contributed by atoms with Crippen molar-refractivity contribution in [3.05, 3.63) is 11.0 Å². The third kappa shape index (κ3) is 1.31. The van der Waals surface area contributed by atoms with E-state index in [0.717, 1.165) is 0 Å². The molecule has 0 aromatic heterocycles. The maximum absolute atomic E-state index is 12.5. The van der Waals surface area contributed by atoms with Crippen molar-refractivity contribution in [2.24, 2.45) is 0 Å². The highest BCUT2D eigenvalue weighted by molar-refractivity contribution is 14.1. The molecule has 0 aromatic carbocycles. The Kier molecular flexibility index (Phi) is 2.54. The van der Waals surface area contributed by atoms with Gasteiger partial charge in [-0.3, -0.25) is 4.79 Å². The standard InChI is InChI=1S/C4F4INO3S/c5-1-2(6)14(12,13)10(9)3(11)4(1,7)8. The van der Waals surface area contributed by atoms with Crippen LogP contribution >= 0.6 is 22.9 Å². The molecule has 0 bridgehead atoms. The molecule has 0 spiro atoms. The summed E-state index contributed by atoms with van der Waals surface area (Å²) in [4.78, 5) is 10.6. The van der Waals surface area contributed by atoms with Crippen LogP contribution in [0.3, 0.4) is 0 Å². The van der Waals surface area contributed by atoms with Gasteiger partial charge >= 0.3 is 21.9 Å². The van der Waals surface area contributed by atoms with Crippen molar-refractivity contribution < 1.29 is 30.8 Å². The van der Waals surface area contributed by atoms with Gasteiger partial charge in [-0.2, -0.15) is 24.1 Å². The first-order valence-corrected chi connectivity index (χ1v) is 5.23. The maximum Gasteiger partial charge on any atom is 0.380 e. The molecular formula is C4F4INO3S. The molecule has 80 valence electrons. The Balaban J connectivity index is 3.57. The number of hydrogen-bond acceptors (Lipinski definition) is 3. The first-order chi connectivity index (χ1) is 6.13.